The van der Waals surface area contributed by atoms with Gasteiger partial charge in [-0.05, 0) is 29.8 Å². The number of morpholine rings is 1. The maximum absolute atomic E-state index is 5.37. The number of anilines is 1. The van der Waals surface area contributed by atoms with Crippen molar-refractivity contribution in [3.8, 4) is 0 Å². The minimum atomic E-state index is 0.762. The third kappa shape index (κ3) is 3.40. The van der Waals surface area contributed by atoms with Gasteiger partial charge in [0.15, 0.2) is 0 Å². The molecule has 2 heterocycles. The molecule has 0 unspecified atom stereocenters. The fourth-order valence-electron chi connectivity index (χ4n) is 2.39. The number of benzene rings is 1. The molecule has 1 saturated heterocycles. The second-order valence-corrected chi connectivity index (χ2v) is 4.95. The van der Waals surface area contributed by atoms with Gasteiger partial charge in [-0.2, -0.15) is 0 Å². The van der Waals surface area contributed by atoms with Gasteiger partial charge < -0.3 is 19.4 Å². The van der Waals surface area contributed by atoms with Crippen molar-refractivity contribution in [1.29, 1.82) is 0 Å². The molecule has 1 aliphatic heterocycles. The first-order valence-corrected chi connectivity index (χ1v) is 7.06. The van der Waals surface area contributed by atoms with Gasteiger partial charge >= 0.3 is 0 Å². The summed E-state index contributed by atoms with van der Waals surface area (Å²) < 4.78 is 10.7. The monoisotopic (exact) mass is 272 g/mol. The molecule has 1 aromatic heterocycles. The molecule has 1 aliphatic rings. The minimum Gasteiger partial charge on any atom is -0.468 e. The van der Waals surface area contributed by atoms with E-state index in [9.17, 15) is 0 Å². The van der Waals surface area contributed by atoms with Crippen molar-refractivity contribution in [1.82, 2.24) is 5.32 Å². The Morgan fingerprint density at radius 1 is 1.00 bits per heavy atom. The van der Waals surface area contributed by atoms with Gasteiger partial charge in [-0.1, -0.05) is 12.1 Å². The van der Waals surface area contributed by atoms with Crippen LogP contribution in [-0.4, -0.2) is 26.3 Å². The van der Waals surface area contributed by atoms with E-state index in [4.69, 9.17) is 9.15 Å². The Morgan fingerprint density at radius 2 is 1.80 bits per heavy atom. The summed E-state index contributed by atoms with van der Waals surface area (Å²) in [5, 5.41) is 3.38. The van der Waals surface area contributed by atoms with Gasteiger partial charge in [0.05, 0.1) is 26.0 Å². The predicted molar refractivity (Wildman–Crippen MR) is 78.7 cm³/mol. The highest BCUT2D eigenvalue weighted by atomic mass is 16.5. The Kier molecular flexibility index (Phi) is 4.35. The lowest BCUT2D eigenvalue weighted by atomic mass is 10.2. The van der Waals surface area contributed by atoms with E-state index >= 15 is 0 Å². The maximum atomic E-state index is 5.37. The minimum absolute atomic E-state index is 0.762. The van der Waals surface area contributed by atoms with E-state index in [1.54, 1.807) is 6.26 Å². The average Bonchev–Trinajstić information content (AvgIpc) is 3.02. The van der Waals surface area contributed by atoms with Gasteiger partial charge in [0, 0.05) is 25.3 Å². The molecule has 0 saturated carbocycles. The van der Waals surface area contributed by atoms with Crippen LogP contribution in [0.3, 0.4) is 0 Å². The molecule has 1 aromatic carbocycles. The molecule has 0 aliphatic carbocycles. The van der Waals surface area contributed by atoms with E-state index in [0.29, 0.717) is 0 Å². The number of ether oxygens (including phenoxy) is 1. The van der Waals surface area contributed by atoms with Crippen LogP contribution in [0.4, 0.5) is 5.69 Å². The highest BCUT2D eigenvalue weighted by Crippen LogP contribution is 2.16. The molecule has 3 rings (SSSR count). The second kappa shape index (κ2) is 6.59. The van der Waals surface area contributed by atoms with Crippen molar-refractivity contribution >= 4 is 5.69 Å². The average molecular weight is 272 g/mol. The zero-order valence-corrected chi connectivity index (χ0v) is 11.5. The Labute approximate surface area is 119 Å². The summed E-state index contributed by atoms with van der Waals surface area (Å²) in [6, 6.07) is 12.6. The zero-order chi connectivity index (χ0) is 13.6. The largest absolute Gasteiger partial charge is 0.468 e. The lowest BCUT2D eigenvalue weighted by Crippen LogP contribution is -2.36. The molecule has 2 aromatic rings. The first-order valence-electron chi connectivity index (χ1n) is 7.06. The van der Waals surface area contributed by atoms with Crippen LogP contribution >= 0.6 is 0 Å². The quantitative estimate of drug-likeness (QED) is 0.907. The molecule has 0 spiro atoms. The third-order valence-corrected chi connectivity index (χ3v) is 3.52. The van der Waals surface area contributed by atoms with E-state index in [2.05, 4.69) is 34.5 Å². The summed E-state index contributed by atoms with van der Waals surface area (Å²) in [6.45, 7) is 5.23. The van der Waals surface area contributed by atoms with Gasteiger partial charge in [0.2, 0.25) is 0 Å². The number of rotatable bonds is 5. The van der Waals surface area contributed by atoms with Gasteiger partial charge in [0.1, 0.15) is 5.76 Å². The maximum Gasteiger partial charge on any atom is 0.117 e. The van der Waals surface area contributed by atoms with E-state index in [-0.39, 0.29) is 0 Å². The first kappa shape index (κ1) is 13.2. The standard InChI is InChI=1S/C16H20N2O2/c1-2-16(20-9-1)13-17-12-14-3-5-15(6-4-14)18-7-10-19-11-8-18/h1-6,9,17H,7-8,10-13H2. The Hall–Kier alpha value is -1.78. The topological polar surface area (TPSA) is 37.6 Å². The third-order valence-electron chi connectivity index (χ3n) is 3.52. The molecule has 1 N–H and O–H groups in total. The van der Waals surface area contributed by atoms with E-state index in [1.165, 1.54) is 11.3 Å². The number of nitrogens with one attached hydrogen (secondary N) is 1. The fourth-order valence-corrected chi connectivity index (χ4v) is 2.39. The van der Waals surface area contributed by atoms with Crippen LogP contribution in [-0.2, 0) is 17.8 Å². The Morgan fingerprint density at radius 3 is 2.50 bits per heavy atom. The zero-order valence-electron chi connectivity index (χ0n) is 11.5. The first-order chi connectivity index (χ1) is 9.92. The van der Waals surface area contributed by atoms with Crippen LogP contribution in [0, 0.1) is 0 Å². The van der Waals surface area contributed by atoms with Crippen LogP contribution in [0.5, 0.6) is 0 Å². The lowest BCUT2D eigenvalue weighted by Gasteiger charge is -2.28. The van der Waals surface area contributed by atoms with Crippen LogP contribution in [0.15, 0.2) is 47.1 Å². The molecule has 4 heteroatoms. The number of hydrogen-bond donors (Lipinski definition) is 1. The summed E-state index contributed by atoms with van der Waals surface area (Å²) in [6.07, 6.45) is 1.70. The van der Waals surface area contributed by atoms with Gasteiger partial charge in [-0.15, -0.1) is 0 Å². The molecule has 0 amide bonds. The number of hydrogen-bond acceptors (Lipinski definition) is 4. The number of furan rings is 1. The van der Waals surface area contributed by atoms with E-state index in [0.717, 1.165) is 45.2 Å². The lowest BCUT2D eigenvalue weighted by molar-refractivity contribution is 0.122. The van der Waals surface area contributed by atoms with Crippen molar-refractivity contribution < 1.29 is 9.15 Å². The SMILES string of the molecule is c1coc(CNCc2ccc(N3CCOCC3)cc2)c1. The van der Waals surface area contributed by atoms with Crippen molar-refractivity contribution in [3.63, 3.8) is 0 Å². The van der Waals surface area contributed by atoms with Crippen molar-refractivity contribution in [2.75, 3.05) is 31.2 Å². The predicted octanol–water partition coefficient (Wildman–Crippen LogP) is 2.41. The highest BCUT2D eigenvalue weighted by Gasteiger charge is 2.10. The van der Waals surface area contributed by atoms with Crippen molar-refractivity contribution in [2.24, 2.45) is 0 Å². The summed E-state index contributed by atoms with van der Waals surface area (Å²) in [4.78, 5) is 2.36. The molecular formula is C16H20N2O2. The molecule has 4 nitrogen and oxygen atoms in total. The summed E-state index contributed by atoms with van der Waals surface area (Å²) in [5.74, 6) is 0.968. The summed E-state index contributed by atoms with van der Waals surface area (Å²) in [5.41, 5.74) is 2.57. The molecule has 20 heavy (non-hydrogen) atoms. The van der Waals surface area contributed by atoms with Crippen LogP contribution in [0.25, 0.3) is 0 Å². The van der Waals surface area contributed by atoms with Crippen LogP contribution < -0.4 is 10.2 Å². The normalized spacial score (nSPS) is 15.5. The smallest absolute Gasteiger partial charge is 0.117 e. The fraction of sp³-hybridized carbons (Fsp3) is 0.375. The number of nitrogens with zero attached hydrogens (tertiary/aromatic N) is 1. The van der Waals surface area contributed by atoms with E-state index in [1.807, 2.05) is 12.1 Å². The van der Waals surface area contributed by atoms with Gasteiger partial charge in [0.25, 0.3) is 0 Å². The molecule has 0 bridgehead atoms. The molecular weight excluding hydrogens is 252 g/mol. The van der Waals surface area contributed by atoms with Gasteiger partial charge in [-0.25, -0.2) is 0 Å². The van der Waals surface area contributed by atoms with Crippen molar-refractivity contribution in [3.05, 3.63) is 54.0 Å². The molecule has 1 fully saturated rings. The Balaban J connectivity index is 1.50. The summed E-state index contributed by atoms with van der Waals surface area (Å²) in [7, 11) is 0. The summed E-state index contributed by atoms with van der Waals surface area (Å²) >= 11 is 0. The molecule has 0 radical (unpaired) electrons. The molecule has 0 atom stereocenters. The van der Waals surface area contributed by atoms with Gasteiger partial charge in [-0.3, -0.25) is 0 Å². The van der Waals surface area contributed by atoms with Crippen LogP contribution in [0.2, 0.25) is 0 Å². The van der Waals surface area contributed by atoms with Crippen molar-refractivity contribution in [2.45, 2.75) is 13.1 Å². The van der Waals surface area contributed by atoms with E-state index < -0.39 is 0 Å². The van der Waals surface area contributed by atoms with Crippen LogP contribution in [0.1, 0.15) is 11.3 Å². The Bertz CT molecular complexity index is 502. The highest BCUT2D eigenvalue weighted by molar-refractivity contribution is 5.47. The molecule has 106 valence electrons. The second-order valence-electron chi connectivity index (χ2n) is 4.95.